The molecule has 0 aliphatic carbocycles. The van der Waals surface area contributed by atoms with E-state index in [0.717, 1.165) is 16.1 Å². The zero-order chi connectivity index (χ0) is 29.6. The van der Waals surface area contributed by atoms with Crippen LogP contribution < -0.4 is 16.2 Å². The predicted molar refractivity (Wildman–Crippen MR) is 145 cm³/mol. The van der Waals surface area contributed by atoms with Gasteiger partial charge in [0.1, 0.15) is 0 Å². The van der Waals surface area contributed by atoms with Gasteiger partial charge >= 0.3 is 12.1 Å². The van der Waals surface area contributed by atoms with E-state index in [2.05, 4.69) is 37.4 Å². The maximum Gasteiger partial charge on any atom is 0.472 e. The average Bonchev–Trinajstić information content (AvgIpc) is 2.85. The number of carbonyl (C=O) groups is 3. The van der Waals surface area contributed by atoms with Gasteiger partial charge in [0.05, 0.1) is 13.1 Å². The molecule has 212 valence electrons. The number of hydrogen-bond donors (Lipinski definition) is 3. The number of anilines is 1. The normalized spacial score (nSPS) is 11.2. The first-order valence-electron chi connectivity index (χ1n) is 12.3. The minimum absolute atomic E-state index is 0.0147. The first-order chi connectivity index (χ1) is 18.3. The molecule has 0 saturated heterocycles. The van der Waals surface area contributed by atoms with Gasteiger partial charge in [-0.05, 0) is 35.1 Å². The van der Waals surface area contributed by atoms with Gasteiger partial charge < -0.3 is 5.32 Å². The van der Waals surface area contributed by atoms with Crippen LogP contribution in [0.3, 0.4) is 0 Å². The SMILES string of the molecule is C#C.CC(C)CN(CC(=O)NN(CC(=O)Nc1ccc(C(C)C)cc1)Cc1ccccc1)NC(=O)C(F)(F)F. The zero-order valence-electron chi connectivity index (χ0n) is 22.6. The van der Waals surface area contributed by atoms with Crippen molar-refractivity contribution < 1.29 is 27.6 Å². The van der Waals surface area contributed by atoms with Crippen LogP contribution in [0.1, 0.15) is 44.7 Å². The predicted octanol–water partition coefficient (Wildman–Crippen LogP) is 4.08. The summed E-state index contributed by atoms with van der Waals surface area (Å²) in [6.07, 6.45) is 2.91. The summed E-state index contributed by atoms with van der Waals surface area (Å²) >= 11 is 0. The fraction of sp³-hybridized carbons (Fsp3) is 0.393. The van der Waals surface area contributed by atoms with Crippen LogP contribution in [0.2, 0.25) is 0 Å². The van der Waals surface area contributed by atoms with Crippen molar-refractivity contribution in [3.8, 4) is 12.8 Å². The van der Waals surface area contributed by atoms with Gasteiger partial charge in [-0.2, -0.15) is 13.2 Å². The van der Waals surface area contributed by atoms with Crippen LogP contribution in [-0.2, 0) is 20.9 Å². The molecule has 11 heteroatoms. The highest BCUT2D eigenvalue weighted by molar-refractivity contribution is 5.92. The molecule has 39 heavy (non-hydrogen) atoms. The number of terminal acetylenes is 1. The highest BCUT2D eigenvalue weighted by Crippen LogP contribution is 2.17. The molecule has 8 nitrogen and oxygen atoms in total. The number of rotatable bonds is 12. The summed E-state index contributed by atoms with van der Waals surface area (Å²) in [7, 11) is 0. The molecule has 0 spiro atoms. The molecular formula is C28H36F3N5O3. The summed E-state index contributed by atoms with van der Waals surface area (Å²) in [5.41, 5.74) is 6.85. The van der Waals surface area contributed by atoms with Crippen LogP contribution in [0.15, 0.2) is 54.6 Å². The summed E-state index contributed by atoms with van der Waals surface area (Å²) < 4.78 is 38.2. The summed E-state index contributed by atoms with van der Waals surface area (Å²) in [4.78, 5) is 36.9. The van der Waals surface area contributed by atoms with Crippen molar-refractivity contribution in [2.45, 2.75) is 46.3 Å². The standard InChI is InChI=1S/C26H34F3N5O3.C2H2/c1-18(2)14-33(32-25(37)26(27,28)29)17-24(36)31-34(15-20-8-6-5-7-9-20)16-23(35)30-22-12-10-21(11-13-22)19(3)4;1-2/h5-13,18-19H,14-17H2,1-4H3,(H,30,35)(H,31,36)(H,32,37);1-2H. The molecule has 2 aromatic carbocycles. The molecule has 2 aromatic rings. The summed E-state index contributed by atoms with van der Waals surface area (Å²) in [5.74, 6) is -3.02. The van der Waals surface area contributed by atoms with Crippen LogP contribution in [0.4, 0.5) is 18.9 Å². The Bertz CT molecular complexity index is 1070. The Morgan fingerprint density at radius 2 is 1.38 bits per heavy atom. The van der Waals surface area contributed by atoms with Crippen molar-refractivity contribution in [3.63, 3.8) is 0 Å². The van der Waals surface area contributed by atoms with Crippen molar-refractivity contribution in [1.29, 1.82) is 0 Å². The molecule has 2 rings (SSSR count). The molecule has 0 heterocycles. The second kappa shape index (κ2) is 16.2. The molecule has 0 atom stereocenters. The van der Waals surface area contributed by atoms with Crippen molar-refractivity contribution in [2.24, 2.45) is 5.92 Å². The molecule has 0 saturated carbocycles. The highest BCUT2D eigenvalue weighted by Gasteiger charge is 2.40. The molecular weight excluding hydrogens is 511 g/mol. The van der Waals surface area contributed by atoms with E-state index < -0.39 is 30.4 Å². The van der Waals surface area contributed by atoms with E-state index in [1.54, 1.807) is 31.4 Å². The van der Waals surface area contributed by atoms with Gasteiger partial charge in [0, 0.05) is 18.8 Å². The van der Waals surface area contributed by atoms with E-state index in [9.17, 15) is 27.6 Å². The van der Waals surface area contributed by atoms with E-state index >= 15 is 0 Å². The molecule has 0 aromatic heterocycles. The molecule has 0 fully saturated rings. The molecule has 0 unspecified atom stereocenters. The summed E-state index contributed by atoms with van der Waals surface area (Å²) in [6, 6.07) is 16.5. The second-order valence-corrected chi connectivity index (χ2v) is 9.41. The Morgan fingerprint density at radius 1 is 0.821 bits per heavy atom. The Morgan fingerprint density at radius 3 is 1.90 bits per heavy atom. The lowest BCUT2D eigenvalue weighted by molar-refractivity contribution is -0.179. The number of alkyl halides is 3. The summed E-state index contributed by atoms with van der Waals surface area (Å²) in [5, 5.41) is 5.06. The van der Waals surface area contributed by atoms with Gasteiger partial charge in [0.25, 0.3) is 0 Å². The molecule has 0 aliphatic heterocycles. The minimum Gasteiger partial charge on any atom is -0.325 e. The smallest absolute Gasteiger partial charge is 0.325 e. The van der Waals surface area contributed by atoms with E-state index in [1.165, 1.54) is 5.01 Å². The molecule has 0 bridgehead atoms. The van der Waals surface area contributed by atoms with Gasteiger partial charge in [-0.1, -0.05) is 70.2 Å². The van der Waals surface area contributed by atoms with Gasteiger partial charge in [0.2, 0.25) is 11.8 Å². The third-order valence-electron chi connectivity index (χ3n) is 5.13. The fourth-order valence-electron chi connectivity index (χ4n) is 3.45. The number of carbonyl (C=O) groups excluding carboxylic acids is 3. The van der Waals surface area contributed by atoms with Gasteiger partial charge in [-0.25, -0.2) is 10.0 Å². The second-order valence-electron chi connectivity index (χ2n) is 9.41. The Balaban J connectivity index is 0.00000371. The Hall–Kier alpha value is -3.88. The van der Waals surface area contributed by atoms with Gasteiger partial charge in [-0.15, -0.1) is 12.8 Å². The average molecular weight is 548 g/mol. The van der Waals surface area contributed by atoms with Crippen LogP contribution in [0.5, 0.6) is 0 Å². The van der Waals surface area contributed by atoms with Crippen molar-refractivity contribution >= 4 is 23.4 Å². The van der Waals surface area contributed by atoms with E-state index in [1.807, 2.05) is 42.5 Å². The number of amides is 3. The maximum atomic E-state index is 12.7. The lowest BCUT2D eigenvalue weighted by Crippen LogP contribution is -2.55. The quantitative estimate of drug-likeness (QED) is 0.275. The highest BCUT2D eigenvalue weighted by atomic mass is 19.4. The molecule has 3 amide bonds. The number of halogens is 3. The zero-order valence-corrected chi connectivity index (χ0v) is 22.6. The topological polar surface area (TPSA) is 93.8 Å². The number of nitrogens with one attached hydrogen (secondary N) is 3. The summed E-state index contributed by atoms with van der Waals surface area (Å²) in [6.45, 7) is 7.04. The number of benzene rings is 2. The Kier molecular flexibility index (Phi) is 13.7. The lowest BCUT2D eigenvalue weighted by atomic mass is 10.0. The lowest BCUT2D eigenvalue weighted by Gasteiger charge is -2.27. The Labute approximate surface area is 227 Å². The maximum absolute atomic E-state index is 12.7. The van der Waals surface area contributed by atoms with E-state index in [-0.39, 0.29) is 25.6 Å². The first-order valence-corrected chi connectivity index (χ1v) is 12.3. The van der Waals surface area contributed by atoms with Crippen LogP contribution in [0, 0.1) is 18.8 Å². The largest absolute Gasteiger partial charge is 0.472 e. The van der Waals surface area contributed by atoms with Crippen molar-refractivity contribution in [2.75, 3.05) is 25.0 Å². The fourth-order valence-corrected chi connectivity index (χ4v) is 3.45. The van der Waals surface area contributed by atoms with Crippen molar-refractivity contribution in [1.82, 2.24) is 20.9 Å². The third-order valence-corrected chi connectivity index (χ3v) is 5.13. The molecule has 3 N–H and O–H groups in total. The third kappa shape index (κ3) is 13.0. The van der Waals surface area contributed by atoms with Crippen LogP contribution >= 0.6 is 0 Å². The van der Waals surface area contributed by atoms with Gasteiger partial charge in [-0.3, -0.25) is 25.2 Å². The van der Waals surface area contributed by atoms with Crippen LogP contribution in [0.25, 0.3) is 0 Å². The monoisotopic (exact) mass is 547 g/mol. The van der Waals surface area contributed by atoms with Crippen LogP contribution in [-0.4, -0.2) is 53.5 Å². The first kappa shape index (κ1) is 33.1. The van der Waals surface area contributed by atoms with Gasteiger partial charge in [0.15, 0.2) is 0 Å². The number of hydrogen-bond acceptors (Lipinski definition) is 5. The molecule has 0 radical (unpaired) electrons. The van der Waals surface area contributed by atoms with E-state index in [4.69, 9.17) is 0 Å². The van der Waals surface area contributed by atoms with Crippen molar-refractivity contribution in [3.05, 3.63) is 65.7 Å². The van der Waals surface area contributed by atoms with E-state index in [0.29, 0.717) is 11.6 Å². The minimum atomic E-state index is -5.09. The molecule has 0 aliphatic rings. The number of nitrogens with zero attached hydrogens (tertiary/aromatic N) is 2. The number of hydrazine groups is 2.